The lowest BCUT2D eigenvalue weighted by molar-refractivity contribution is -0.120. The average Bonchev–Trinajstić information content (AvgIpc) is 3.42. The highest BCUT2D eigenvalue weighted by Crippen LogP contribution is 2.52. The number of amides is 1. The van der Waals surface area contributed by atoms with Crippen LogP contribution in [0.25, 0.3) is 21.8 Å². The molecule has 1 atom stereocenters. The standard InChI is InChI=1S/C30H23FN4O5/c1-30(25-22(12-13-24(39-2)26(25)32)34(28(30)37)17-10-8-16(31)9-11-17)27(36)20-14-19-18-6-4-5-7-21(18)35(29(38)40-3)23(19)15-33-20/h4-15H,32H2,1-3H3/t30-/m0/s1. The minimum atomic E-state index is -1.79. The molecule has 0 aliphatic carbocycles. The number of hydrogen-bond acceptors (Lipinski definition) is 7. The van der Waals surface area contributed by atoms with Crippen LogP contribution < -0.4 is 15.4 Å². The van der Waals surface area contributed by atoms with Crippen molar-refractivity contribution in [1.29, 1.82) is 0 Å². The zero-order valence-electron chi connectivity index (χ0n) is 21.8. The number of nitrogen functional groups attached to an aromatic ring is 1. The van der Waals surface area contributed by atoms with Crippen LogP contribution >= 0.6 is 0 Å². The van der Waals surface area contributed by atoms with Crippen molar-refractivity contribution in [2.45, 2.75) is 12.3 Å². The topological polar surface area (TPSA) is 117 Å². The molecule has 2 aromatic heterocycles. The van der Waals surface area contributed by atoms with Crippen LogP contribution in [0.1, 0.15) is 23.0 Å². The Hall–Kier alpha value is -5.25. The predicted molar refractivity (Wildman–Crippen MR) is 148 cm³/mol. The highest BCUT2D eigenvalue weighted by molar-refractivity contribution is 6.29. The molecule has 10 heteroatoms. The maximum absolute atomic E-state index is 14.3. The molecular formula is C30H23FN4O5. The minimum Gasteiger partial charge on any atom is -0.495 e. The van der Waals surface area contributed by atoms with Gasteiger partial charge in [0, 0.05) is 22.0 Å². The molecule has 0 saturated heterocycles. The molecule has 5 aromatic rings. The van der Waals surface area contributed by atoms with Crippen LogP contribution in [-0.2, 0) is 14.9 Å². The number of benzene rings is 3. The number of nitrogens with two attached hydrogens (primary N) is 1. The fourth-order valence-corrected chi connectivity index (χ4v) is 5.51. The zero-order valence-corrected chi connectivity index (χ0v) is 21.8. The third-order valence-electron chi connectivity index (χ3n) is 7.46. The fourth-order valence-electron chi connectivity index (χ4n) is 5.51. The molecule has 1 aliphatic heterocycles. The normalized spacial score (nSPS) is 16.4. The molecule has 3 heterocycles. The van der Waals surface area contributed by atoms with E-state index in [4.69, 9.17) is 15.2 Å². The number of pyridine rings is 1. The summed E-state index contributed by atoms with van der Waals surface area (Å²) in [7, 11) is 2.72. The molecule has 200 valence electrons. The molecule has 3 aromatic carbocycles. The van der Waals surface area contributed by atoms with E-state index in [0.29, 0.717) is 38.9 Å². The molecule has 0 bridgehead atoms. The van der Waals surface area contributed by atoms with E-state index in [1.807, 2.05) is 12.1 Å². The van der Waals surface area contributed by atoms with E-state index in [-0.39, 0.29) is 16.9 Å². The van der Waals surface area contributed by atoms with Gasteiger partial charge in [0.15, 0.2) is 0 Å². The van der Waals surface area contributed by atoms with E-state index in [1.54, 1.807) is 30.3 Å². The van der Waals surface area contributed by atoms with Crippen molar-refractivity contribution in [2.24, 2.45) is 0 Å². The fraction of sp³-hybridized carbons (Fsp3) is 0.133. The summed E-state index contributed by atoms with van der Waals surface area (Å²) in [5.74, 6) is -1.33. The Bertz CT molecular complexity index is 1880. The molecular weight excluding hydrogens is 515 g/mol. The molecule has 1 aliphatic rings. The van der Waals surface area contributed by atoms with Crippen molar-refractivity contribution in [2.75, 3.05) is 24.9 Å². The Morgan fingerprint density at radius 1 is 0.975 bits per heavy atom. The second-order valence-corrected chi connectivity index (χ2v) is 9.56. The van der Waals surface area contributed by atoms with Crippen molar-refractivity contribution >= 4 is 56.7 Å². The number of anilines is 3. The number of methoxy groups -OCH3 is 2. The van der Waals surface area contributed by atoms with Gasteiger partial charge < -0.3 is 15.2 Å². The van der Waals surface area contributed by atoms with Crippen molar-refractivity contribution < 1.29 is 28.2 Å². The van der Waals surface area contributed by atoms with Gasteiger partial charge in [-0.15, -0.1) is 0 Å². The number of rotatable bonds is 4. The number of carbonyl (C=O) groups excluding carboxylic acids is 3. The van der Waals surface area contributed by atoms with Crippen LogP contribution in [0.2, 0.25) is 0 Å². The molecule has 2 N–H and O–H groups in total. The summed E-state index contributed by atoms with van der Waals surface area (Å²) in [5.41, 5.74) is 6.90. The average molecular weight is 539 g/mol. The maximum atomic E-state index is 14.3. The van der Waals surface area contributed by atoms with Crippen LogP contribution in [0.4, 0.5) is 26.2 Å². The number of nitrogens with zero attached hydrogens (tertiary/aromatic N) is 3. The van der Waals surface area contributed by atoms with Crippen molar-refractivity contribution in [3.05, 3.63) is 90.0 Å². The van der Waals surface area contributed by atoms with Gasteiger partial charge in [0.05, 0.1) is 42.8 Å². The minimum absolute atomic E-state index is 0.00486. The van der Waals surface area contributed by atoms with Crippen molar-refractivity contribution in [3.8, 4) is 5.75 Å². The smallest absolute Gasteiger partial charge is 0.418 e. The molecule has 0 fully saturated rings. The summed E-state index contributed by atoms with van der Waals surface area (Å²) in [6, 6.07) is 17.4. The van der Waals surface area contributed by atoms with Crippen molar-refractivity contribution in [3.63, 3.8) is 0 Å². The molecule has 0 radical (unpaired) electrons. The highest BCUT2D eigenvalue weighted by Gasteiger charge is 2.55. The lowest BCUT2D eigenvalue weighted by Gasteiger charge is -2.23. The first kappa shape index (κ1) is 25.1. The van der Waals surface area contributed by atoms with Crippen molar-refractivity contribution in [1.82, 2.24) is 9.55 Å². The van der Waals surface area contributed by atoms with Crippen LogP contribution in [0.15, 0.2) is 72.9 Å². The number of Topliss-reactive ketones (excluding diaryl/α,β-unsaturated/α-hetero) is 1. The maximum Gasteiger partial charge on any atom is 0.418 e. The Labute approximate surface area is 227 Å². The molecule has 9 nitrogen and oxygen atoms in total. The monoisotopic (exact) mass is 538 g/mol. The van der Waals surface area contributed by atoms with E-state index >= 15 is 0 Å². The molecule has 40 heavy (non-hydrogen) atoms. The lowest BCUT2D eigenvalue weighted by Crippen LogP contribution is -2.43. The number of hydrogen-bond donors (Lipinski definition) is 1. The van der Waals surface area contributed by atoms with Crippen LogP contribution in [0, 0.1) is 5.82 Å². The van der Waals surface area contributed by atoms with E-state index in [2.05, 4.69) is 4.98 Å². The van der Waals surface area contributed by atoms with Gasteiger partial charge in [-0.25, -0.2) is 13.8 Å². The van der Waals surface area contributed by atoms with Crippen LogP contribution in [0.3, 0.4) is 0 Å². The molecule has 0 unspecified atom stereocenters. The Morgan fingerprint density at radius 2 is 1.70 bits per heavy atom. The van der Waals surface area contributed by atoms with E-state index < -0.39 is 29.0 Å². The van der Waals surface area contributed by atoms with Gasteiger partial charge in [-0.2, -0.15) is 0 Å². The summed E-state index contributed by atoms with van der Waals surface area (Å²) in [4.78, 5) is 46.8. The summed E-state index contributed by atoms with van der Waals surface area (Å²) >= 11 is 0. The number of ether oxygens (including phenoxy) is 2. The first-order valence-electron chi connectivity index (χ1n) is 12.3. The number of aromatic nitrogens is 2. The first-order chi connectivity index (χ1) is 19.2. The van der Waals surface area contributed by atoms with Gasteiger partial charge in [0.25, 0.3) is 0 Å². The van der Waals surface area contributed by atoms with Gasteiger partial charge in [-0.05, 0) is 55.5 Å². The van der Waals surface area contributed by atoms with Gasteiger partial charge >= 0.3 is 6.09 Å². The molecule has 0 spiro atoms. The third kappa shape index (κ3) is 3.32. The molecule has 0 saturated carbocycles. The number of fused-ring (bicyclic) bond motifs is 4. The Morgan fingerprint density at radius 3 is 2.40 bits per heavy atom. The van der Waals surface area contributed by atoms with Gasteiger partial charge in [0.1, 0.15) is 22.7 Å². The molecule has 6 rings (SSSR count). The number of halogens is 1. The van der Waals surface area contributed by atoms with E-state index in [9.17, 15) is 18.8 Å². The second-order valence-electron chi connectivity index (χ2n) is 9.56. The summed E-state index contributed by atoms with van der Waals surface area (Å²) in [6.07, 6.45) is 0.810. The number of ketones is 1. The van der Waals surface area contributed by atoms with Crippen LogP contribution in [0.5, 0.6) is 5.75 Å². The summed E-state index contributed by atoms with van der Waals surface area (Å²) in [6.45, 7) is 1.50. The third-order valence-corrected chi connectivity index (χ3v) is 7.46. The quantitative estimate of drug-likeness (QED) is 0.186. The number of carbonyl (C=O) groups is 3. The Kier molecular flexibility index (Phi) is 5.58. The summed E-state index contributed by atoms with van der Waals surface area (Å²) < 4.78 is 25.5. The van der Waals surface area contributed by atoms with Crippen LogP contribution in [-0.4, -0.2) is 41.6 Å². The van der Waals surface area contributed by atoms with Gasteiger partial charge in [0.2, 0.25) is 11.7 Å². The lowest BCUT2D eigenvalue weighted by atomic mass is 9.77. The summed E-state index contributed by atoms with van der Waals surface area (Å²) in [5, 5.41) is 1.29. The van der Waals surface area contributed by atoms with E-state index in [1.165, 1.54) is 61.1 Å². The Balaban J connectivity index is 1.57. The second kappa shape index (κ2) is 8.91. The zero-order chi connectivity index (χ0) is 28.3. The SMILES string of the molecule is COC(=O)n1c2ccccc2c2cc(C(=O)[C@@]3(C)C(=O)N(c4ccc(F)cc4)c4ccc(OC)c(N)c43)ncc21. The highest BCUT2D eigenvalue weighted by atomic mass is 19.1. The first-order valence-corrected chi connectivity index (χ1v) is 12.3. The largest absolute Gasteiger partial charge is 0.495 e. The number of para-hydroxylation sites is 1. The predicted octanol–water partition coefficient (Wildman–Crippen LogP) is 5.35. The molecule has 1 amide bonds. The van der Waals surface area contributed by atoms with E-state index in [0.717, 1.165) is 0 Å². The van der Waals surface area contributed by atoms with Gasteiger partial charge in [-0.3, -0.25) is 19.5 Å². The van der Waals surface area contributed by atoms with Gasteiger partial charge in [-0.1, -0.05) is 18.2 Å².